The van der Waals surface area contributed by atoms with Crippen molar-refractivity contribution in [3.8, 4) is 0 Å². The van der Waals surface area contributed by atoms with Crippen molar-refractivity contribution in [2.24, 2.45) is 10.8 Å². The number of Topliss-reactive ketones (excluding diaryl/α,β-unsaturated/α-hetero) is 2. The number of rotatable bonds is 15. The monoisotopic (exact) mass is 438 g/mol. The van der Waals surface area contributed by atoms with Crippen molar-refractivity contribution in [2.75, 3.05) is 0 Å². The number of aldehydes is 1. The summed E-state index contributed by atoms with van der Waals surface area (Å²) in [6, 6.07) is 0. The van der Waals surface area contributed by atoms with E-state index in [4.69, 9.17) is 0 Å². The van der Waals surface area contributed by atoms with Crippen molar-refractivity contribution in [1.82, 2.24) is 0 Å². The van der Waals surface area contributed by atoms with Crippen molar-refractivity contribution >= 4 is 17.9 Å². The predicted octanol–water partition coefficient (Wildman–Crippen LogP) is 7.04. The fourth-order valence-electron chi connectivity index (χ4n) is 2.23. The van der Waals surface area contributed by atoms with Crippen LogP contribution in [0.15, 0.2) is 25.3 Å². The number of aliphatic hydroxyl groups excluding tert-OH is 1. The normalized spacial score (nSPS) is 11.7. The van der Waals surface area contributed by atoms with E-state index in [2.05, 4.69) is 20.1 Å². The third-order valence-corrected chi connectivity index (χ3v) is 5.67. The predicted molar refractivity (Wildman–Crippen MR) is 133 cm³/mol. The Labute approximate surface area is 192 Å². The Bertz CT molecular complexity index is 503. The molecular weight excluding hydrogens is 388 g/mol. The molecule has 0 fully saturated rings. The maximum Gasteiger partial charge on any atom is 0.138 e. The van der Waals surface area contributed by atoms with Crippen molar-refractivity contribution < 1.29 is 19.5 Å². The molecule has 0 aromatic heterocycles. The molecule has 4 nitrogen and oxygen atoms in total. The van der Waals surface area contributed by atoms with Gasteiger partial charge in [0, 0.05) is 30.1 Å². The maximum absolute atomic E-state index is 11.7. The van der Waals surface area contributed by atoms with E-state index in [-0.39, 0.29) is 22.7 Å². The average Bonchev–Trinajstić information content (AvgIpc) is 2.74. The molecule has 0 unspecified atom stereocenters. The van der Waals surface area contributed by atoms with Crippen LogP contribution in [0.2, 0.25) is 0 Å². The largest absolute Gasteiger partial charge is 0.393 e. The standard InChI is InChI=1S/C13H24O2.C10H18O2.C4H8/c1-5-8-11(14)9-7-10-12(15)13(3,4)6-2;1-4-10(2,3)9(12)7-5-6-8-11;1-3-4-2/h5,11,14H,1,6-10H2,2-4H3;8H,4-7H2,1-3H3;3H,1,4H2,2H3/t11-;;/m1../s1. The summed E-state index contributed by atoms with van der Waals surface area (Å²) in [4.78, 5) is 33.2. The third-order valence-electron chi connectivity index (χ3n) is 5.67. The molecule has 0 saturated heterocycles. The van der Waals surface area contributed by atoms with Crippen LogP contribution < -0.4 is 0 Å². The van der Waals surface area contributed by atoms with E-state index in [9.17, 15) is 19.5 Å². The molecule has 31 heavy (non-hydrogen) atoms. The maximum atomic E-state index is 11.7. The Hall–Kier alpha value is -1.55. The lowest BCUT2D eigenvalue weighted by atomic mass is 9.83. The zero-order chi connectivity index (χ0) is 24.9. The van der Waals surface area contributed by atoms with Gasteiger partial charge in [-0.2, -0.15) is 0 Å². The number of allylic oxidation sites excluding steroid dienone is 1. The minimum atomic E-state index is -0.333. The SMILES string of the molecule is C=CCC.C=CC[C@@H](O)CCCC(=O)C(C)(C)CC.CCC(C)(C)C(=O)CCCC=O. The highest BCUT2D eigenvalue weighted by Gasteiger charge is 2.24. The lowest BCUT2D eigenvalue weighted by molar-refractivity contribution is -0.128. The second-order valence-corrected chi connectivity index (χ2v) is 9.15. The molecule has 0 aliphatic rings. The van der Waals surface area contributed by atoms with Gasteiger partial charge >= 0.3 is 0 Å². The van der Waals surface area contributed by atoms with Crippen LogP contribution in [0, 0.1) is 10.8 Å². The fraction of sp³-hybridized carbons (Fsp3) is 0.741. The van der Waals surface area contributed by atoms with Crippen LogP contribution >= 0.6 is 0 Å². The van der Waals surface area contributed by atoms with Gasteiger partial charge < -0.3 is 9.90 Å². The highest BCUT2D eigenvalue weighted by Crippen LogP contribution is 2.24. The van der Waals surface area contributed by atoms with Crippen LogP contribution in [0.25, 0.3) is 0 Å². The molecule has 0 rings (SSSR count). The number of ketones is 2. The zero-order valence-electron chi connectivity index (χ0n) is 21.5. The van der Waals surface area contributed by atoms with Crippen molar-refractivity contribution in [3.63, 3.8) is 0 Å². The summed E-state index contributed by atoms with van der Waals surface area (Å²) in [5.74, 6) is 0.572. The fourth-order valence-corrected chi connectivity index (χ4v) is 2.23. The number of carbonyl (C=O) groups is 3. The van der Waals surface area contributed by atoms with Gasteiger partial charge in [-0.15, -0.1) is 13.2 Å². The molecule has 0 bridgehead atoms. The van der Waals surface area contributed by atoms with Gasteiger partial charge in [0.2, 0.25) is 0 Å². The summed E-state index contributed by atoms with van der Waals surface area (Å²) in [7, 11) is 0. The summed E-state index contributed by atoms with van der Waals surface area (Å²) >= 11 is 0. The van der Waals surface area contributed by atoms with Gasteiger partial charge in [0.05, 0.1) is 6.10 Å². The summed E-state index contributed by atoms with van der Waals surface area (Å²) in [6.07, 6.45) is 11.4. The minimum absolute atomic E-state index is 0.205. The molecule has 1 atom stereocenters. The first-order valence-electron chi connectivity index (χ1n) is 11.8. The Balaban J connectivity index is -0.000000438. The summed E-state index contributed by atoms with van der Waals surface area (Å²) in [6.45, 7) is 21.0. The molecule has 0 spiro atoms. The van der Waals surface area contributed by atoms with Crippen LogP contribution in [0.4, 0.5) is 0 Å². The molecule has 0 aromatic carbocycles. The van der Waals surface area contributed by atoms with E-state index in [1.54, 1.807) is 6.08 Å². The zero-order valence-corrected chi connectivity index (χ0v) is 21.5. The summed E-state index contributed by atoms with van der Waals surface area (Å²) in [5, 5.41) is 9.44. The van der Waals surface area contributed by atoms with Crippen molar-refractivity contribution in [2.45, 2.75) is 119 Å². The number of hydrogen-bond acceptors (Lipinski definition) is 4. The first-order chi connectivity index (χ1) is 14.4. The van der Waals surface area contributed by atoms with Crippen molar-refractivity contribution in [1.29, 1.82) is 0 Å². The molecule has 0 aliphatic heterocycles. The number of hydrogen-bond donors (Lipinski definition) is 1. The van der Waals surface area contributed by atoms with E-state index in [0.717, 1.165) is 32.0 Å². The van der Waals surface area contributed by atoms with Crippen LogP contribution in [0.5, 0.6) is 0 Å². The highest BCUT2D eigenvalue weighted by molar-refractivity contribution is 5.84. The molecule has 182 valence electrons. The number of aliphatic hydroxyl groups is 1. The average molecular weight is 439 g/mol. The second kappa shape index (κ2) is 20.4. The molecule has 0 saturated carbocycles. The Morgan fingerprint density at radius 1 is 0.871 bits per heavy atom. The quantitative estimate of drug-likeness (QED) is 0.169. The minimum Gasteiger partial charge on any atom is -0.393 e. The molecule has 0 heterocycles. The third kappa shape index (κ3) is 20.1. The van der Waals surface area contributed by atoms with E-state index >= 15 is 0 Å². The summed E-state index contributed by atoms with van der Waals surface area (Å²) in [5.41, 5.74) is -0.410. The van der Waals surface area contributed by atoms with Crippen LogP contribution in [0.3, 0.4) is 0 Å². The molecule has 1 N–H and O–H groups in total. The first kappa shape index (κ1) is 34.1. The number of carbonyl (C=O) groups excluding carboxylic acids is 3. The Kier molecular flexibility index (Phi) is 22.4. The van der Waals surface area contributed by atoms with E-state index in [1.807, 2.05) is 47.6 Å². The Morgan fingerprint density at radius 3 is 1.61 bits per heavy atom. The van der Waals surface area contributed by atoms with E-state index in [0.29, 0.717) is 44.3 Å². The van der Waals surface area contributed by atoms with E-state index < -0.39 is 0 Å². The molecule has 0 aromatic rings. The first-order valence-corrected chi connectivity index (χ1v) is 11.8. The topological polar surface area (TPSA) is 71.4 Å². The molecular formula is C27H50O4. The van der Waals surface area contributed by atoms with Crippen LogP contribution in [-0.4, -0.2) is 29.1 Å². The lowest BCUT2D eigenvalue weighted by Crippen LogP contribution is -2.23. The summed E-state index contributed by atoms with van der Waals surface area (Å²) < 4.78 is 0. The van der Waals surface area contributed by atoms with Gasteiger partial charge in [-0.3, -0.25) is 9.59 Å². The molecule has 0 radical (unpaired) electrons. The number of unbranched alkanes of at least 4 members (excludes halogenated alkanes) is 1. The van der Waals surface area contributed by atoms with Gasteiger partial charge in [0.1, 0.15) is 17.9 Å². The van der Waals surface area contributed by atoms with Gasteiger partial charge in [0.25, 0.3) is 0 Å². The molecule has 4 heteroatoms. The van der Waals surface area contributed by atoms with Gasteiger partial charge in [-0.05, 0) is 44.9 Å². The smallest absolute Gasteiger partial charge is 0.138 e. The molecule has 0 amide bonds. The van der Waals surface area contributed by atoms with Crippen LogP contribution in [0.1, 0.15) is 113 Å². The van der Waals surface area contributed by atoms with Gasteiger partial charge in [-0.1, -0.05) is 60.6 Å². The Morgan fingerprint density at radius 2 is 1.29 bits per heavy atom. The van der Waals surface area contributed by atoms with Gasteiger partial charge in [0.15, 0.2) is 0 Å². The van der Waals surface area contributed by atoms with Crippen molar-refractivity contribution in [3.05, 3.63) is 25.3 Å². The second-order valence-electron chi connectivity index (χ2n) is 9.15. The van der Waals surface area contributed by atoms with Crippen LogP contribution in [-0.2, 0) is 14.4 Å². The lowest BCUT2D eigenvalue weighted by Gasteiger charge is -2.20. The van der Waals surface area contributed by atoms with E-state index in [1.165, 1.54) is 0 Å². The van der Waals surface area contributed by atoms with Gasteiger partial charge in [-0.25, -0.2) is 0 Å². The molecule has 0 aliphatic carbocycles. The highest BCUT2D eigenvalue weighted by atomic mass is 16.3.